The third kappa shape index (κ3) is 3.69. The van der Waals surface area contributed by atoms with Gasteiger partial charge in [-0.15, -0.1) is 0 Å². The van der Waals surface area contributed by atoms with Gasteiger partial charge >= 0.3 is 0 Å². The van der Waals surface area contributed by atoms with Gasteiger partial charge in [-0.3, -0.25) is 9.69 Å². The van der Waals surface area contributed by atoms with Crippen molar-refractivity contribution >= 4 is 22.8 Å². The van der Waals surface area contributed by atoms with Crippen LogP contribution in [0, 0.1) is 17.0 Å². The van der Waals surface area contributed by atoms with Crippen molar-refractivity contribution < 1.29 is 13.6 Å². The number of rotatable bonds is 5. The number of allylic oxidation sites excluding steroid dienone is 1. The van der Waals surface area contributed by atoms with Gasteiger partial charge in [0, 0.05) is 34.7 Å². The third-order valence-corrected chi connectivity index (χ3v) is 7.07. The molecule has 2 heterocycles. The Balaban J connectivity index is 1.68. The van der Waals surface area contributed by atoms with Gasteiger partial charge in [-0.1, -0.05) is 31.2 Å². The van der Waals surface area contributed by atoms with Crippen molar-refractivity contribution in [2.45, 2.75) is 52.1 Å². The van der Waals surface area contributed by atoms with Gasteiger partial charge in [-0.05, 0) is 73.9 Å². The average Bonchev–Trinajstić information content (AvgIpc) is 3.35. The molecule has 166 valence electrons. The van der Waals surface area contributed by atoms with E-state index in [9.17, 15) is 4.79 Å². The fourth-order valence-corrected chi connectivity index (χ4v) is 5.05. The van der Waals surface area contributed by atoms with Gasteiger partial charge in [0.25, 0.3) is 0 Å². The molecule has 1 aliphatic heterocycles. The number of halogens is 2. The molecule has 5 rings (SSSR count). The summed E-state index contributed by atoms with van der Waals surface area (Å²) in [7, 11) is 0. The topological polar surface area (TPSA) is 36.1 Å². The first kappa shape index (κ1) is 21.1. The lowest BCUT2D eigenvalue weighted by Crippen LogP contribution is -2.45. The van der Waals surface area contributed by atoms with Gasteiger partial charge in [0.1, 0.15) is 11.6 Å². The molecule has 3 aromatic rings. The molecule has 2 aromatic carbocycles. The van der Waals surface area contributed by atoms with Crippen molar-refractivity contribution in [1.82, 2.24) is 9.88 Å². The molecule has 0 bridgehead atoms. The standard InChI is InChI=1S/C27H28F2N2O/c1-16-12-20-19-6-4-5-7-23(19)30-25(20)26(31(16)15-27(3)10-11-27)24-21(28)13-18(14-22(24)29)9-8-17(2)32/h4-9,13-14,16,26,30H,10-12,15H2,1-3H3/b9-8+/t16-,26-/m1/s1. The van der Waals surface area contributed by atoms with Crippen molar-refractivity contribution in [3.63, 3.8) is 0 Å². The van der Waals surface area contributed by atoms with Gasteiger partial charge in [-0.2, -0.15) is 0 Å². The van der Waals surface area contributed by atoms with Crippen LogP contribution in [0.1, 0.15) is 62.0 Å². The predicted octanol–water partition coefficient (Wildman–Crippen LogP) is 6.18. The summed E-state index contributed by atoms with van der Waals surface area (Å²) in [6.45, 7) is 6.62. The van der Waals surface area contributed by atoms with E-state index in [0.717, 1.165) is 48.0 Å². The highest BCUT2D eigenvalue weighted by atomic mass is 19.1. The number of nitrogens with one attached hydrogen (secondary N) is 1. The zero-order valence-electron chi connectivity index (χ0n) is 18.7. The SMILES string of the molecule is CC(=O)/C=C/c1cc(F)c([C@@H]2c3[nH]c4ccccc4c3C[C@@H](C)N2CC2(C)CC2)c(F)c1. The Hall–Kier alpha value is -2.79. The number of fused-ring (bicyclic) bond motifs is 3. The highest BCUT2D eigenvalue weighted by Crippen LogP contribution is 2.50. The minimum absolute atomic E-state index is 0.0774. The van der Waals surface area contributed by atoms with Crippen LogP contribution in [0.3, 0.4) is 0 Å². The summed E-state index contributed by atoms with van der Waals surface area (Å²) < 4.78 is 31.0. The third-order valence-electron chi connectivity index (χ3n) is 7.07. The molecule has 5 heteroatoms. The molecular weight excluding hydrogens is 406 g/mol. The number of H-pyrrole nitrogens is 1. The number of carbonyl (C=O) groups is 1. The first-order valence-corrected chi connectivity index (χ1v) is 11.3. The van der Waals surface area contributed by atoms with E-state index >= 15 is 8.78 Å². The van der Waals surface area contributed by atoms with Crippen molar-refractivity contribution in [3.8, 4) is 0 Å². The number of benzene rings is 2. The molecule has 0 unspecified atom stereocenters. The number of carbonyl (C=O) groups excluding carboxylic acids is 1. The van der Waals surface area contributed by atoms with Crippen molar-refractivity contribution in [2.24, 2.45) is 5.41 Å². The second-order valence-electron chi connectivity index (χ2n) is 9.84. The lowest BCUT2D eigenvalue weighted by atomic mass is 9.86. The second-order valence-corrected chi connectivity index (χ2v) is 9.84. The molecule has 2 atom stereocenters. The molecule has 1 aromatic heterocycles. The molecule has 0 amide bonds. The van der Waals surface area contributed by atoms with E-state index < -0.39 is 17.7 Å². The summed E-state index contributed by atoms with van der Waals surface area (Å²) in [5, 5.41) is 1.12. The van der Waals surface area contributed by atoms with Crippen LogP contribution >= 0.6 is 0 Å². The van der Waals surface area contributed by atoms with Gasteiger partial charge in [0.15, 0.2) is 5.78 Å². The average molecular weight is 435 g/mol. The van der Waals surface area contributed by atoms with Crippen LogP contribution in [0.25, 0.3) is 17.0 Å². The summed E-state index contributed by atoms with van der Waals surface area (Å²) in [4.78, 5) is 17.0. The van der Waals surface area contributed by atoms with Crippen molar-refractivity contribution in [1.29, 1.82) is 0 Å². The fourth-order valence-electron chi connectivity index (χ4n) is 5.05. The van der Waals surface area contributed by atoms with Crippen LogP contribution in [0.4, 0.5) is 8.78 Å². The van der Waals surface area contributed by atoms with Crippen LogP contribution in [-0.4, -0.2) is 28.3 Å². The summed E-state index contributed by atoms with van der Waals surface area (Å²) >= 11 is 0. The Bertz CT molecular complexity index is 1210. The van der Waals surface area contributed by atoms with E-state index in [1.165, 1.54) is 31.2 Å². The van der Waals surface area contributed by atoms with Crippen molar-refractivity contribution in [2.75, 3.05) is 6.54 Å². The van der Waals surface area contributed by atoms with E-state index in [0.29, 0.717) is 5.56 Å². The molecule has 2 aliphatic rings. The normalized spacial score (nSPS) is 22.4. The molecule has 3 nitrogen and oxygen atoms in total. The number of para-hydroxylation sites is 1. The number of aromatic nitrogens is 1. The highest BCUT2D eigenvalue weighted by Gasteiger charge is 2.45. The summed E-state index contributed by atoms with van der Waals surface area (Å²) in [5.74, 6) is -1.33. The summed E-state index contributed by atoms with van der Waals surface area (Å²) in [6.07, 6.45) is 5.91. The number of hydrogen-bond acceptors (Lipinski definition) is 2. The van der Waals surface area contributed by atoms with E-state index in [-0.39, 0.29) is 22.8 Å². The zero-order chi connectivity index (χ0) is 22.6. The van der Waals surface area contributed by atoms with Crippen molar-refractivity contribution in [3.05, 3.63) is 76.5 Å². The maximum absolute atomic E-state index is 15.5. The zero-order valence-corrected chi connectivity index (χ0v) is 18.7. The molecular formula is C27H28F2N2O. The van der Waals surface area contributed by atoms with Crippen LogP contribution in [0.15, 0.2) is 42.5 Å². The quantitative estimate of drug-likeness (QED) is 0.487. The van der Waals surface area contributed by atoms with E-state index in [2.05, 4.69) is 29.8 Å². The minimum Gasteiger partial charge on any atom is -0.357 e. The van der Waals surface area contributed by atoms with Crippen LogP contribution < -0.4 is 0 Å². The molecule has 0 spiro atoms. The smallest absolute Gasteiger partial charge is 0.152 e. The number of hydrogen-bond donors (Lipinski definition) is 1. The molecule has 1 aliphatic carbocycles. The fraction of sp³-hybridized carbons (Fsp3) is 0.370. The Morgan fingerprint density at radius 1 is 1.22 bits per heavy atom. The second kappa shape index (κ2) is 7.66. The van der Waals surface area contributed by atoms with Gasteiger partial charge < -0.3 is 4.98 Å². The highest BCUT2D eigenvalue weighted by molar-refractivity contribution is 5.91. The summed E-state index contributed by atoms with van der Waals surface area (Å²) in [5.41, 5.74) is 3.66. The maximum atomic E-state index is 15.5. The Morgan fingerprint density at radius 2 is 1.91 bits per heavy atom. The van der Waals surface area contributed by atoms with Gasteiger partial charge in [-0.25, -0.2) is 8.78 Å². The Labute approximate surface area is 187 Å². The first-order chi connectivity index (χ1) is 15.3. The largest absolute Gasteiger partial charge is 0.357 e. The minimum atomic E-state index is -0.581. The maximum Gasteiger partial charge on any atom is 0.152 e. The van der Waals surface area contributed by atoms with Crippen LogP contribution in [0.2, 0.25) is 0 Å². The number of aromatic amines is 1. The Kier molecular flexibility index (Phi) is 5.05. The first-order valence-electron chi connectivity index (χ1n) is 11.3. The van der Waals surface area contributed by atoms with E-state index in [1.807, 2.05) is 18.2 Å². The lowest BCUT2D eigenvalue weighted by Gasteiger charge is -2.42. The molecule has 0 saturated heterocycles. The summed E-state index contributed by atoms with van der Waals surface area (Å²) in [6, 6.07) is 10.4. The number of ketones is 1. The van der Waals surface area contributed by atoms with Crippen LogP contribution in [-0.2, 0) is 11.2 Å². The van der Waals surface area contributed by atoms with Gasteiger partial charge in [0.05, 0.1) is 6.04 Å². The van der Waals surface area contributed by atoms with Crippen LogP contribution in [0.5, 0.6) is 0 Å². The van der Waals surface area contributed by atoms with E-state index in [1.54, 1.807) is 0 Å². The molecule has 1 N–H and O–H groups in total. The van der Waals surface area contributed by atoms with Gasteiger partial charge in [0.2, 0.25) is 0 Å². The monoisotopic (exact) mass is 434 g/mol. The molecule has 1 saturated carbocycles. The molecule has 1 fully saturated rings. The Morgan fingerprint density at radius 3 is 2.56 bits per heavy atom. The predicted molar refractivity (Wildman–Crippen MR) is 123 cm³/mol. The molecule has 32 heavy (non-hydrogen) atoms. The molecule has 0 radical (unpaired) electrons. The lowest BCUT2D eigenvalue weighted by molar-refractivity contribution is -0.112. The number of nitrogens with zero attached hydrogens (tertiary/aromatic N) is 1. The van der Waals surface area contributed by atoms with E-state index in [4.69, 9.17) is 0 Å².